The summed E-state index contributed by atoms with van der Waals surface area (Å²) < 4.78 is 11.7. The zero-order valence-corrected chi connectivity index (χ0v) is 17.2. The lowest BCUT2D eigenvalue weighted by molar-refractivity contribution is 0.444. The maximum absolute atomic E-state index is 5.63. The number of furan rings is 1. The van der Waals surface area contributed by atoms with Gasteiger partial charge in [-0.25, -0.2) is 9.97 Å². The Morgan fingerprint density at radius 3 is 2.89 bits per heavy atom. The molecule has 0 atom stereocenters. The van der Waals surface area contributed by atoms with Gasteiger partial charge in [-0.1, -0.05) is 11.8 Å². The predicted molar refractivity (Wildman–Crippen MR) is 107 cm³/mol. The Hall–Kier alpha value is -2.40. The first-order valence-electron chi connectivity index (χ1n) is 8.25. The third-order valence-electron chi connectivity index (χ3n) is 3.23. The normalized spacial score (nSPS) is 11.6. The van der Waals surface area contributed by atoms with Crippen molar-refractivity contribution in [1.29, 1.82) is 0 Å². The van der Waals surface area contributed by atoms with Gasteiger partial charge in [0.25, 0.3) is 11.1 Å². The van der Waals surface area contributed by atoms with Crippen LogP contribution in [0.3, 0.4) is 0 Å². The monoisotopic (exact) mass is 451 g/mol. The van der Waals surface area contributed by atoms with Gasteiger partial charge in [0.05, 0.1) is 0 Å². The Balaban J connectivity index is 1.68. The molecule has 0 amide bonds. The predicted octanol–water partition coefficient (Wildman–Crippen LogP) is 3.57. The molecule has 11 heteroatoms. The third-order valence-corrected chi connectivity index (χ3v) is 4.52. The molecule has 0 unspecified atom stereocenters. The van der Waals surface area contributed by atoms with Crippen molar-refractivity contribution in [1.82, 2.24) is 25.5 Å². The highest BCUT2D eigenvalue weighted by molar-refractivity contribution is 9.10. The minimum atomic E-state index is 0.329. The minimum absolute atomic E-state index is 0.329. The number of hydrogen-bond donors (Lipinski definition) is 2. The highest BCUT2D eigenvalue weighted by Crippen LogP contribution is 2.29. The average molecular weight is 452 g/mol. The lowest BCUT2D eigenvalue weighted by atomic mass is 10.3. The van der Waals surface area contributed by atoms with Crippen molar-refractivity contribution in [2.45, 2.75) is 24.8 Å². The number of rotatable bonds is 7. The number of guanidine groups is 1. The number of aliphatic imine (C=N–C) groups is 1. The van der Waals surface area contributed by atoms with E-state index in [0.29, 0.717) is 45.6 Å². The van der Waals surface area contributed by atoms with Crippen LogP contribution in [0.5, 0.6) is 0 Å². The van der Waals surface area contributed by atoms with Gasteiger partial charge >= 0.3 is 0 Å². The maximum Gasteiger partial charge on any atom is 0.284 e. The van der Waals surface area contributed by atoms with Gasteiger partial charge < -0.3 is 19.5 Å². The Morgan fingerprint density at radius 2 is 2.15 bits per heavy atom. The molecule has 3 aromatic rings. The smallest absolute Gasteiger partial charge is 0.284 e. The first-order valence-corrected chi connectivity index (χ1v) is 10.0. The van der Waals surface area contributed by atoms with Crippen molar-refractivity contribution in [3.8, 4) is 11.7 Å². The topological polar surface area (TPSA) is 114 Å². The number of anilines is 1. The molecule has 2 N–H and O–H groups in total. The number of aromatic nitrogens is 4. The molecule has 0 aromatic carbocycles. The second-order valence-corrected chi connectivity index (χ2v) is 6.85. The fourth-order valence-electron chi connectivity index (χ4n) is 2.09. The summed E-state index contributed by atoms with van der Waals surface area (Å²) in [5.41, 5.74) is 0.893. The molecule has 9 nitrogen and oxygen atoms in total. The average Bonchev–Trinajstić information content (AvgIpc) is 3.30. The zero-order chi connectivity index (χ0) is 19.1. The molecule has 0 spiro atoms. The quantitative estimate of drug-likeness (QED) is 0.315. The molecular weight excluding hydrogens is 434 g/mol. The van der Waals surface area contributed by atoms with Crippen LogP contribution < -0.4 is 10.6 Å². The van der Waals surface area contributed by atoms with Crippen LogP contribution in [0.4, 0.5) is 5.82 Å². The van der Waals surface area contributed by atoms with Gasteiger partial charge in [-0.2, -0.15) is 0 Å². The van der Waals surface area contributed by atoms with Gasteiger partial charge in [0.1, 0.15) is 12.1 Å². The summed E-state index contributed by atoms with van der Waals surface area (Å²) in [6, 6.07) is 3.53. The van der Waals surface area contributed by atoms with E-state index in [-0.39, 0.29) is 0 Å². The summed E-state index contributed by atoms with van der Waals surface area (Å²) in [7, 11) is 0. The van der Waals surface area contributed by atoms with Crippen molar-refractivity contribution in [3.05, 3.63) is 34.9 Å². The lowest BCUT2D eigenvalue weighted by Crippen LogP contribution is -2.31. The third kappa shape index (κ3) is 5.30. The Bertz CT molecular complexity index is 912. The van der Waals surface area contributed by atoms with Crippen molar-refractivity contribution in [2.24, 2.45) is 4.99 Å². The molecule has 0 aliphatic carbocycles. The van der Waals surface area contributed by atoms with E-state index < -0.39 is 0 Å². The fourth-order valence-corrected chi connectivity index (χ4v) is 3.12. The molecule has 0 aliphatic rings. The van der Waals surface area contributed by atoms with E-state index in [2.05, 4.69) is 51.7 Å². The van der Waals surface area contributed by atoms with Crippen LogP contribution in [-0.2, 0) is 5.75 Å². The summed E-state index contributed by atoms with van der Waals surface area (Å²) >= 11 is 4.64. The second kappa shape index (κ2) is 9.51. The van der Waals surface area contributed by atoms with Crippen LogP contribution in [0.2, 0.25) is 0 Å². The van der Waals surface area contributed by atoms with Crippen LogP contribution in [0, 0.1) is 0 Å². The number of halogens is 1. The SMILES string of the molecule is CCN=C(NCC)Nc1ncncc1CSc1nnc(-c2ccc(Br)o2)o1. The zero-order valence-electron chi connectivity index (χ0n) is 14.8. The van der Waals surface area contributed by atoms with E-state index in [1.807, 2.05) is 13.8 Å². The summed E-state index contributed by atoms with van der Waals surface area (Å²) in [5.74, 6) is 2.75. The molecule has 0 fully saturated rings. The Morgan fingerprint density at radius 1 is 1.26 bits per heavy atom. The van der Waals surface area contributed by atoms with Crippen LogP contribution in [0.25, 0.3) is 11.7 Å². The lowest BCUT2D eigenvalue weighted by Gasteiger charge is -2.12. The Labute approximate surface area is 168 Å². The first-order chi connectivity index (χ1) is 13.2. The van der Waals surface area contributed by atoms with E-state index in [1.54, 1.807) is 18.3 Å². The van der Waals surface area contributed by atoms with Gasteiger partial charge in [0.2, 0.25) is 0 Å². The molecule has 0 radical (unpaired) electrons. The van der Waals surface area contributed by atoms with Crippen LogP contribution >= 0.6 is 27.7 Å². The number of nitrogens with one attached hydrogen (secondary N) is 2. The molecule has 0 saturated carbocycles. The van der Waals surface area contributed by atoms with E-state index in [9.17, 15) is 0 Å². The first kappa shape index (κ1) is 19.4. The van der Waals surface area contributed by atoms with E-state index in [0.717, 1.165) is 12.1 Å². The molecule has 0 aliphatic heterocycles. The van der Waals surface area contributed by atoms with Gasteiger partial charge in [-0.15, -0.1) is 10.2 Å². The summed E-state index contributed by atoms with van der Waals surface area (Å²) in [6.45, 7) is 5.40. The van der Waals surface area contributed by atoms with Gasteiger partial charge in [-0.05, 0) is 41.9 Å². The van der Waals surface area contributed by atoms with E-state index in [1.165, 1.54) is 18.1 Å². The number of hydrogen-bond acceptors (Lipinski definition) is 8. The second-order valence-electron chi connectivity index (χ2n) is 5.14. The molecular formula is C16H18BrN7O2S. The van der Waals surface area contributed by atoms with Crippen molar-refractivity contribution in [2.75, 3.05) is 18.4 Å². The van der Waals surface area contributed by atoms with Crippen LogP contribution in [-0.4, -0.2) is 39.2 Å². The fraction of sp³-hybridized carbons (Fsp3) is 0.312. The number of nitrogens with zero attached hydrogens (tertiary/aromatic N) is 5. The van der Waals surface area contributed by atoms with Gasteiger partial charge in [0, 0.05) is 30.6 Å². The summed E-state index contributed by atoms with van der Waals surface area (Å²) in [5, 5.41) is 14.9. The summed E-state index contributed by atoms with van der Waals surface area (Å²) in [6.07, 6.45) is 3.24. The van der Waals surface area contributed by atoms with E-state index >= 15 is 0 Å². The molecule has 142 valence electrons. The van der Waals surface area contributed by atoms with Crippen molar-refractivity contribution >= 4 is 39.5 Å². The highest BCUT2D eigenvalue weighted by Gasteiger charge is 2.14. The summed E-state index contributed by atoms with van der Waals surface area (Å²) in [4.78, 5) is 12.8. The minimum Gasteiger partial charge on any atom is -0.444 e. The standard InChI is InChI=1S/C16H18BrN7O2S/c1-3-19-15(20-4-2)22-13-10(7-18-9-21-13)8-27-16-24-23-14(26-16)11-5-6-12(17)25-11/h5-7,9H,3-4,8H2,1-2H3,(H2,18,19,20,21,22). The molecule has 0 bridgehead atoms. The molecule has 3 heterocycles. The van der Waals surface area contributed by atoms with Crippen LogP contribution in [0.15, 0.2) is 48.4 Å². The molecule has 0 saturated heterocycles. The molecule has 27 heavy (non-hydrogen) atoms. The van der Waals surface area contributed by atoms with Gasteiger partial charge in [0.15, 0.2) is 16.4 Å². The van der Waals surface area contributed by atoms with Crippen LogP contribution in [0.1, 0.15) is 19.4 Å². The Kier molecular flexibility index (Phi) is 6.82. The maximum atomic E-state index is 5.63. The molecule has 3 aromatic heterocycles. The highest BCUT2D eigenvalue weighted by atomic mass is 79.9. The van der Waals surface area contributed by atoms with Crippen molar-refractivity contribution in [3.63, 3.8) is 0 Å². The van der Waals surface area contributed by atoms with E-state index in [4.69, 9.17) is 8.83 Å². The largest absolute Gasteiger partial charge is 0.444 e. The number of thioether (sulfide) groups is 1. The molecule has 3 rings (SSSR count). The van der Waals surface area contributed by atoms with Gasteiger partial charge in [-0.3, -0.25) is 4.99 Å². The van der Waals surface area contributed by atoms with Crippen molar-refractivity contribution < 1.29 is 8.83 Å².